The Morgan fingerprint density at radius 3 is 1.66 bits per heavy atom. The Kier molecular flexibility index (Phi) is 6.25. The number of pyridine rings is 1. The van der Waals surface area contributed by atoms with Gasteiger partial charge in [0.05, 0.1) is 34.2 Å². The first-order valence-corrected chi connectivity index (χ1v) is 17.7. The van der Waals surface area contributed by atoms with Crippen LogP contribution in [-0.2, 0) is 0 Å². The molecule has 5 heteroatoms. The van der Waals surface area contributed by atoms with E-state index < -0.39 is 0 Å². The van der Waals surface area contributed by atoms with Gasteiger partial charge in [-0.2, -0.15) is 0 Å². The molecule has 0 aliphatic carbocycles. The highest BCUT2D eigenvalue weighted by molar-refractivity contribution is 6.18. The lowest BCUT2D eigenvalue weighted by atomic mass is 10.0. The van der Waals surface area contributed by atoms with Gasteiger partial charge in [-0.3, -0.25) is 4.57 Å². The van der Waals surface area contributed by atoms with E-state index in [4.69, 9.17) is 11.6 Å². The fourth-order valence-corrected chi connectivity index (χ4v) is 8.40. The van der Waals surface area contributed by atoms with Crippen molar-refractivity contribution in [2.24, 2.45) is 0 Å². The molecule has 53 heavy (non-hydrogen) atoms. The smallest absolute Gasteiger partial charge is 0.189 e. The number of benzene rings is 7. The molecule has 246 valence electrons. The van der Waals surface area contributed by atoms with Gasteiger partial charge in [0.15, 0.2) is 5.69 Å². The van der Waals surface area contributed by atoms with E-state index in [1.807, 2.05) is 24.4 Å². The van der Waals surface area contributed by atoms with Gasteiger partial charge in [0.25, 0.3) is 0 Å². The average Bonchev–Trinajstić information content (AvgIpc) is 3.85. The molecule has 5 nitrogen and oxygen atoms in total. The van der Waals surface area contributed by atoms with Gasteiger partial charge in [-0.25, -0.2) is 9.83 Å². The zero-order valence-corrected chi connectivity index (χ0v) is 28.5. The van der Waals surface area contributed by atoms with Gasteiger partial charge in [0.2, 0.25) is 0 Å². The van der Waals surface area contributed by atoms with E-state index in [1.165, 1.54) is 27.1 Å². The van der Waals surface area contributed by atoms with E-state index in [9.17, 15) is 0 Å². The molecule has 0 N–H and O–H groups in total. The van der Waals surface area contributed by atoms with E-state index in [1.54, 1.807) is 0 Å². The lowest BCUT2D eigenvalue weighted by Crippen LogP contribution is -1.97. The monoisotopic (exact) mass is 675 g/mol. The molecule has 0 unspecified atom stereocenters. The van der Waals surface area contributed by atoms with Crippen LogP contribution in [-0.4, -0.2) is 18.7 Å². The van der Waals surface area contributed by atoms with E-state index in [0.29, 0.717) is 5.69 Å². The average molecular weight is 676 g/mol. The number of fused-ring (bicyclic) bond motifs is 9. The maximum atomic E-state index is 8.07. The molecular weight excluding hydrogens is 647 g/mol. The second-order valence-corrected chi connectivity index (χ2v) is 13.6. The van der Waals surface area contributed by atoms with Crippen LogP contribution in [0.25, 0.3) is 98.6 Å². The number of aromatic nitrogens is 4. The summed E-state index contributed by atoms with van der Waals surface area (Å²) in [6.07, 6.45) is 1.87. The van der Waals surface area contributed by atoms with Crippen molar-refractivity contribution >= 4 is 71.2 Å². The summed E-state index contributed by atoms with van der Waals surface area (Å²) in [5.74, 6) is 0. The number of para-hydroxylation sites is 4. The van der Waals surface area contributed by atoms with E-state index >= 15 is 0 Å². The van der Waals surface area contributed by atoms with Gasteiger partial charge in [-0.1, -0.05) is 84.9 Å². The molecule has 0 atom stereocenters. The topological polar surface area (TPSA) is 32.0 Å². The molecule has 0 radical (unpaired) electrons. The van der Waals surface area contributed by atoms with Crippen molar-refractivity contribution in [3.8, 4) is 28.2 Å². The highest BCUT2D eigenvalue weighted by Gasteiger charge is 2.20. The summed E-state index contributed by atoms with van der Waals surface area (Å²) in [7, 11) is 0. The zero-order valence-electron chi connectivity index (χ0n) is 28.5. The summed E-state index contributed by atoms with van der Waals surface area (Å²) in [6.45, 7) is 8.07. The summed E-state index contributed by atoms with van der Waals surface area (Å²) in [6, 6.07) is 59.9. The van der Waals surface area contributed by atoms with Crippen LogP contribution in [0.1, 0.15) is 0 Å². The molecule has 7 aromatic carbocycles. The highest BCUT2D eigenvalue weighted by atomic mass is 15.1. The SMILES string of the molecule is [C-]#[N+]c1cc(-c2cccc(-n3c4cc5c(cc4c4cccnc43)c3ccccc3n5-c3ccccc3)c2)cc(-n2c3ccccc3c3ccccc32)c1. The third-order valence-corrected chi connectivity index (χ3v) is 10.6. The first kappa shape index (κ1) is 29.3. The molecular formula is C48H29N5. The van der Waals surface area contributed by atoms with Crippen molar-refractivity contribution in [3.63, 3.8) is 0 Å². The molecule has 11 rings (SSSR count). The minimum atomic E-state index is 0.597. The molecule has 4 heterocycles. The minimum absolute atomic E-state index is 0.597. The molecule has 0 aliphatic rings. The molecule has 0 spiro atoms. The minimum Gasteiger partial charge on any atom is -0.310 e. The van der Waals surface area contributed by atoms with Crippen molar-refractivity contribution in [1.29, 1.82) is 0 Å². The maximum absolute atomic E-state index is 8.07. The molecule has 0 saturated carbocycles. The second-order valence-electron chi connectivity index (χ2n) is 13.6. The number of rotatable bonds is 4. The van der Waals surface area contributed by atoms with Crippen LogP contribution in [0, 0.1) is 6.57 Å². The third-order valence-electron chi connectivity index (χ3n) is 10.6. The van der Waals surface area contributed by atoms with Crippen LogP contribution in [0.2, 0.25) is 0 Å². The molecule has 0 fully saturated rings. The molecule has 0 bridgehead atoms. The Hall–Kier alpha value is -7.42. The normalized spacial score (nSPS) is 11.8. The fraction of sp³-hybridized carbons (Fsp3) is 0. The lowest BCUT2D eigenvalue weighted by molar-refractivity contribution is 1.13. The molecule has 11 aromatic rings. The summed E-state index contributed by atoms with van der Waals surface area (Å²) in [4.78, 5) is 8.90. The summed E-state index contributed by atoms with van der Waals surface area (Å²) >= 11 is 0. The van der Waals surface area contributed by atoms with E-state index in [2.05, 4.69) is 170 Å². The first-order valence-electron chi connectivity index (χ1n) is 17.7. The molecule has 0 aliphatic heterocycles. The Labute approximate surface area is 304 Å². The Morgan fingerprint density at radius 1 is 0.377 bits per heavy atom. The molecule has 0 amide bonds. The van der Waals surface area contributed by atoms with Gasteiger partial charge in [0, 0.05) is 55.6 Å². The van der Waals surface area contributed by atoms with Crippen LogP contribution < -0.4 is 0 Å². The van der Waals surface area contributed by atoms with Gasteiger partial charge in [-0.15, -0.1) is 0 Å². The van der Waals surface area contributed by atoms with Crippen LogP contribution in [0.4, 0.5) is 5.69 Å². The van der Waals surface area contributed by atoms with E-state index in [0.717, 1.165) is 66.7 Å². The summed E-state index contributed by atoms with van der Waals surface area (Å²) in [5.41, 5.74) is 12.3. The number of hydrogen-bond donors (Lipinski definition) is 0. The fourth-order valence-electron chi connectivity index (χ4n) is 8.40. The van der Waals surface area contributed by atoms with Crippen LogP contribution in [0.3, 0.4) is 0 Å². The lowest BCUT2D eigenvalue weighted by Gasteiger charge is -2.13. The van der Waals surface area contributed by atoms with Gasteiger partial charge in [0.1, 0.15) is 5.65 Å². The van der Waals surface area contributed by atoms with E-state index in [-0.39, 0.29) is 0 Å². The predicted octanol–water partition coefficient (Wildman–Crippen LogP) is 12.6. The Bertz CT molecular complexity index is 3250. The first-order chi connectivity index (χ1) is 26.2. The van der Waals surface area contributed by atoms with Crippen molar-refractivity contribution in [1.82, 2.24) is 18.7 Å². The Morgan fingerprint density at radius 2 is 0.943 bits per heavy atom. The van der Waals surface area contributed by atoms with Crippen molar-refractivity contribution in [2.45, 2.75) is 0 Å². The van der Waals surface area contributed by atoms with Gasteiger partial charge >= 0.3 is 0 Å². The van der Waals surface area contributed by atoms with Gasteiger partial charge < -0.3 is 9.13 Å². The standard InChI is InChI=1S/C48H29N5/c1-49-33-25-32(27-36(28-33)52-43-21-8-5-17-37(43)38-18-6-9-22-44(38)52)31-13-11-16-35(26-31)53-47-30-46-41(29-42(47)40-20-12-24-50-48(40)53)39-19-7-10-23-45(39)51(46)34-14-3-2-4-15-34/h2-30H. The van der Waals surface area contributed by atoms with Gasteiger partial charge in [-0.05, 0) is 96.1 Å². The zero-order chi connectivity index (χ0) is 35.0. The van der Waals surface area contributed by atoms with Crippen molar-refractivity contribution in [3.05, 3.63) is 187 Å². The highest BCUT2D eigenvalue weighted by Crippen LogP contribution is 2.40. The quantitative estimate of drug-likeness (QED) is 0.171. The van der Waals surface area contributed by atoms with Crippen LogP contribution >= 0.6 is 0 Å². The predicted molar refractivity (Wildman–Crippen MR) is 219 cm³/mol. The van der Waals surface area contributed by atoms with Crippen LogP contribution in [0.5, 0.6) is 0 Å². The van der Waals surface area contributed by atoms with Crippen molar-refractivity contribution < 1.29 is 0 Å². The van der Waals surface area contributed by atoms with Crippen LogP contribution in [0.15, 0.2) is 176 Å². The maximum Gasteiger partial charge on any atom is 0.189 e. The number of nitrogens with zero attached hydrogens (tertiary/aromatic N) is 5. The largest absolute Gasteiger partial charge is 0.310 e. The third kappa shape index (κ3) is 4.33. The van der Waals surface area contributed by atoms with Crippen molar-refractivity contribution in [2.75, 3.05) is 0 Å². The Balaban J connectivity index is 1.15. The molecule has 4 aromatic heterocycles. The second kappa shape index (κ2) is 11.3. The summed E-state index contributed by atoms with van der Waals surface area (Å²) in [5, 5.41) is 7.08. The molecule has 0 saturated heterocycles. The number of hydrogen-bond acceptors (Lipinski definition) is 1. The summed E-state index contributed by atoms with van der Waals surface area (Å²) < 4.78 is 6.93.